The highest BCUT2D eigenvalue weighted by molar-refractivity contribution is 6.34. The summed E-state index contributed by atoms with van der Waals surface area (Å²) in [7, 11) is 0. The first kappa shape index (κ1) is 12.5. The highest BCUT2D eigenvalue weighted by Gasteiger charge is 2.23. The Bertz CT molecular complexity index is 304. The van der Waals surface area contributed by atoms with Gasteiger partial charge in [-0.1, -0.05) is 0 Å². The molecule has 1 atom stereocenters. The second-order valence-corrected chi connectivity index (χ2v) is 4.03. The predicted molar refractivity (Wildman–Crippen MR) is 57.2 cm³/mol. The summed E-state index contributed by atoms with van der Waals surface area (Å²) in [6.45, 7) is 3.50. The van der Waals surface area contributed by atoms with Crippen molar-refractivity contribution in [2.24, 2.45) is 11.7 Å². The fourth-order valence-corrected chi connectivity index (χ4v) is 1.83. The van der Waals surface area contributed by atoms with Crippen LogP contribution < -0.4 is 11.1 Å². The van der Waals surface area contributed by atoms with E-state index in [-0.39, 0.29) is 5.91 Å². The minimum absolute atomic E-state index is 0.0867. The van der Waals surface area contributed by atoms with Crippen LogP contribution in [0.5, 0.6) is 0 Å². The van der Waals surface area contributed by atoms with Crippen LogP contribution in [0, 0.1) is 5.92 Å². The summed E-state index contributed by atoms with van der Waals surface area (Å²) in [6.07, 6.45) is 1.72. The third-order valence-electron chi connectivity index (χ3n) is 2.79. The number of likely N-dealkylation sites (tertiary alicyclic amines) is 1. The maximum atomic E-state index is 11.1. The van der Waals surface area contributed by atoms with Gasteiger partial charge in [-0.3, -0.25) is 14.4 Å². The van der Waals surface area contributed by atoms with Gasteiger partial charge in [0, 0.05) is 26.6 Å². The Balaban J connectivity index is 2.18. The molecule has 90 valence electrons. The van der Waals surface area contributed by atoms with E-state index in [0.29, 0.717) is 12.5 Å². The normalized spacial score (nSPS) is 19.6. The summed E-state index contributed by atoms with van der Waals surface area (Å²) < 4.78 is 0. The quantitative estimate of drug-likeness (QED) is 0.596. The van der Waals surface area contributed by atoms with Crippen LogP contribution in [0.2, 0.25) is 0 Å². The molecule has 1 heterocycles. The SMILES string of the molecule is CC(=O)N1CC[C@H](CCNC(=O)C(N)=O)C1. The molecular weight excluding hydrogens is 210 g/mol. The van der Waals surface area contributed by atoms with Gasteiger partial charge in [0.05, 0.1) is 0 Å². The molecule has 6 nitrogen and oxygen atoms in total. The largest absolute Gasteiger partial charge is 0.361 e. The van der Waals surface area contributed by atoms with Crippen LogP contribution in [0.4, 0.5) is 0 Å². The van der Waals surface area contributed by atoms with Gasteiger partial charge in [0.1, 0.15) is 0 Å². The van der Waals surface area contributed by atoms with Crippen molar-refractivity contribution in [2.45, 2.75) is 19.8 Å². The van der Waals surface area contributed by atoms with E-state index in [9.17, 15) is 14.4 Å². The number of rotatable bonds is 3. The number of carbonyl (C=O) groups is 3. The second kappa shape index (κ2) is 5.48. The first-order valence-corrected chi connectivity index (χ1v) is 5.34. The number of hydrogen-bond acceptors (Lipinski definition) is 3. The number of amides is 3. The van der Waals surface area contributed by atoms with E-state index >= 15 is 0 Å². The Hall–Kier alpha value is -1.59. The van der Waals surface area contributed by atoms with E-state index in [4.69, 9.17) is 5.73 Å². The fourth-order valence-electron chi connectivity index (χ4n) is 1.83. The molecule has 16 heavy (non-hydrogen) atoms. The van der Waals surface area contributed by atoms with E-state index in [1.807, 2.05) is 0 Å². The Morgan fingerprint density at radius 3 is 2.62 bits per heavy atom. The molecule has 0 saturated carbocycles. The van der Waals surface area contributed by atoms with Gasteiger partial charge in [-0.15, -0.1) is 0 Å². The average molecular weight is 227 g/mol. The van der Waals surface area contributed by atoms with E-state index in [1.165, 1.54) is 0 Å². The van der Waals surface area contributed by atoms with Gasteiger partial charge in [0.25, 0.3) is 0 Å². The molecule has 3 N–H and O–H groups in total. The summed E-state index contributed by atoms with van der Waals surface area (Å²) >= 11 is 0. The zero-order valence-corrected chi connectivity index (χ0v) is 9.36. The van der Waals surface area contributed by atoms with Crippen molar-refractivity contribution in [3.63, 3.8) is 0 Å². The van der Waals surface area contributed by atoms with Gasteiger partial charge >= 0.3 is 11.8 Å². The Morgan fingerprint density at radius 1 is 1.44 bits per heavy atom. The summed E-state index contributed by atoms with van der Waals surface area (Å²) in [4.78, 5) is 34.1. The smallest absolute Gasteiger partial charge is 0.309 e. The van der Waals surface area contributed by atoms with Gasteiger partial charge in [-0.25, -0.2) is 0 Å². The van der Waals surface area contributed by atoms with Crippen LogP contribution in [0.3, 0.4) is 0 Å². The number of nitrogens with two attached hydrogens (primary N) is 1. The van der Waals surface area contributed by atoms with Crippen LogP contribution in [-0.4, -0.2) is 42.3 Å². The maximum absolute atomic E-state index is 11.1. The fraction of sp³-hybridized carbons (Fsp3) is 0.700. The molecule has 0 radical (unpaired) electrons. The summed E-state index contributed by atoms with van der Waals surface area (Å²) in [5.74, 6) is -1.22. The zero-order chi connectivity index (χ0) is 12.1. The van der Waals surface area contributed by atoms with Crippen molar-refractivity contribution >= 4 is 17.7 Å². The van der Waals surface area contributed by atoms with Crippen molar-refractivity contribution in [2.75, 3.05) is 19.6 Å². The summed E-state index contributed by atoms with van der Waals surface area (Å²) in [5, 5.41) is 2.44. The first-order valence-electron chi connectivity index (χ1n) is 5.34. The van der Waals surface area contributed by atoms with E-state index in [2.05, 4.69) is 5.32 Å². The van der Waals surface area contributed by atoms with Gasteiger partial charge in [0.2, 0.25) is 5.91 Å². The molecule has 1 aliphatic rings. The zero-order valence-electron chi connectivity index (χ0n) is 9.36. The highest BCUT2D eigenvalue weighted by atomic mass is 16.2. The van der Waals surface area contributed by atoms with E-state index in [0.717, 1.165) is 25.9 Å². The Kier molecular flexibility index (Phi) is 4.28. The molecule has 1 aliphatic heterocycles. The van der Waals surface area contributed by atoms with Gasteiger partial charge in [0.15, 0.2) is 0 Å². The molecule has 0 unspecified atom stereocenters. The van der Waals surface area contributed by atoms with Crippen LogP contribution in [0.25, 0.3) is 0 Å². The van der Waals surface area contributed by atoms with Gasteiger partial charge < -0.3 is 16.0 Å². The average Bonchev–Trinajstić information content (AvgIpc) is 2.66. The third-order valence-corrected chi connectivity index (χ3v) is 2.79. The highest BCUT2D eigenvalue weighted by Crippen LogP contribution is 2.18. The molecule has 1 rings (SSSR count). The van der Waals surface area contributed by atoms with Crippen LogP contribution in [0.1, 0.15) is 19.8 Å². The lowest BCUT2D eigenvalue weighted by atomic mass is 10.1. The van der Waals surface area contributed by atoms with Crippen molar-refractivity contribution in [3.8, 4) is 0 Å². The Morgan fingerprint density at radius 2 is 2.12 bits per heavy atom. The molecule has 6 heteroatoms. The molecule has 0 aromatic rings. The monoisotopic (exact) mass is 227 g/mol. The van der Waals surface area contributed by atoms with Crippen molar-refractivity contribution in [3.05, 3.63) is 0 Å². The molecule has 0 aliphatic carbocycles. The third kappa shape index (κ3) is 3.52. The van der Waals surface area contributed by atoms with Gasteiger partial charge in [-0.2, -0.15) is 0 Å². The lowest BCUT2D eigenvalue weighted by Crippen LogP contribution is -2.37. The standard InChI is InChI=1S/C10H17N3O3/c1-7(14)13-5-3-8(6-13)2-4-12-10(16)9(11)15/h8H,2-6H2,1H3,(H2,11,15)(H,12,16)/t8-/m0/s1. The summed E-state index contributed by atoms with van der Waals surface area (Å²) in [6, 6.07) is 0. The van der Waals surface area contributed by atoms with E-state index in [1.54, 1.807) is 11.8 Å². The van der Waals surface area contributed by atoms with Gasteiger partial charge in [-0.05, 0) is 18.8 Å². The topological polar surface area (TPSA) is 92.5 Å². The molecule has 0 bridgehead atoms. The van der Waals surface area contributed by atoms with Crippen LogP contribution in [-0.2, 0) is 14.4 Å². The number of primary amides is 1. The second-order valence-electron chi connectivity index (χ2n) is 4.03. The molecular formula is C10H17N3O3. The van der Waals surface area contributed by atoms with Crippen molar-refractivity contribution in [1.82, 2.24) is 10.2 Å². The molecule has 1 fully saturated rings. The molecule has 3 amide bonds. The number of hydrogen-bond donors (Lipinski definition) is 2. The predicted octanol–water partition coefficient (Wildman–Crippen LogP) is -1.15. The molecule has 1 saturated heterocycles. The number of nitrogens with one attached hydrogen (secondary N) is 1. The lowest BCUT2D eigenvalue weighted by Gasteiger charge is -2.13. The van der Waals surface area contributed by atoms with Crippen molar-refractivity contribution < 1.29 is 14.4 Å². The van der Waals surface area contributed by atoms with Crippen LogP contribution >= 0.6 is 0 Å². The van der Waals surface area contributed by atoms with E-state index < -0.39 is 11.8 Å². The minimum atomic E-state index is -0.961. The first-order chi connectivity index (χ1) is 7.50. The molecule has 0 spiro atoms. The molecule has 0 aromatic heterocycles. The number of nitrogens with zero attached hydrogens (tertiary/aromatic N) is 1. The summed E-state index contributed by atoms with van der Waals surface area (Å²) in [5.41, 5.74) is 4.79. The molecule has 0 aromatic carbocycles. The Labute approximate surface area is 94.2 Å². The maximum Gasteiger partial charge on any atom is 0.309 e. The van der Waals surface area contributed by atoms with Crippen molar-refractivity contribution in [1.29, 1.82) is 0 Å². The van der Waals surface area contributed by atoms with Crippen LogP contribution in [0.15, 0.2) is 0 Å². The lowest BCUT2D eigenvalue weighted by molar-refractivity contribution is -0.137. The number of carbonyl (C=O) groups excluding carboxylic acids is 3. The minimum Gasteiger partial charge on any atom is -0.361 e.